The molecule has 0 unspecified atom stereocenters. The summed E-state index contributed by atoms with van der Waals surface area (Å²) in [5.41, 5.74) is 1.55. The fraction of sp³-hybridized carbons (Fsp3) is 0.0588. The van der Waals surface area contributed by atoms with Gasteiger partial charge in [0, 0.05) is 17.1 Å². The molecule has 6 heteroatoms. The van der Waals surface area contributed by atoms with E-state index in [9.17, 15) is 13.6 Å². The van der Waals surface area contributed by atoms with Crippen LogP contribution in [0.2, 0.25) is 0 Å². The van der Waals surface area contributed by atoms with Crippen molar-refractivity contribution in [2.24, 2.45) is 0 Å². The summed E-state index contributed by atoms with van der Waals surface area (Å²) in [6.07, 6.45) is -0.245. The van der Waals surface area contributed by atoms with E-state index in [1.54, 1.807) is 30.3 Å². The Balaban J connectivity index is 2.09. The number of carboxylic acid groups (broad SMARTS) is 1. The average molecular weight is 314 g/mol. The lowest BCUT2D eigenvalue weighted by molar-refractivity contribution is -0.136. The Morgan fingerprint density at radius 1 is 1.09 bits per heavy atom. The minimum Gasteiger partial charge on any atom is -0.481 e. The summed E-state index contributed by atoms with van der Waals surface area (Å²) in [6, 6.07) is 11.9. The number of nitrogens with one attached hydrogen (secondary N) is 1. The lowest BCUT2D eigenvalue weighted by atomic mass is 10.1. The van der Waals surface area contributed by atoms with Crippen LogP contribution >= 0.6 is 0 Å². The number of carboxylic acids is 1. The highest BCUT2D eigenvalue weighted by molar-refractivity contribution is 5.93. The monoisotopic (exact) mass is 314 g/mol. The third-order valence-electron chi connectivity index (χ3n) is 3.30. The number of fused-ring (bicyclic) bond motifs is 1. The predicted molar refractivity (Wildman–Crippen MR) is 82.7 cm³/mol. The van der Waals surface area contributed by atoms with E-state index in [-0.39, 0.29) is 12.1 Å². The van der Waals surface area contributed by atoms with Crippen LogP contribution in [-0.2, 0) is 11.2 Å². The zero-order valence-corrected chi connectivity index (χ0v) is 11.9. The second-order valence-electron chi connectivity index (χ2n) is 5.00. The Morgan fingerprint density at radius 3 is 2.61 bits per heavy atom. The van der Waals surface area contributed by atoms with E-state index in [0.29, 0.717) is 22.3 Å². The van der Waals surface area contributed by atoms with Crippen LogP contribution in [0, 0.1) is 11.6 Å². The SMILES string of the molecule is O=C(O)Cc1cc(Nc2ccc(F)cc2F)c2ccccc2n1. The molecule has 3 rings (SSSR count). The van der Waals surface area contributed by atoms with E-state index in [1.807, 2.05) is 0 Å². The molecular weight excluding hydrogens is 302 g/mol. The van der Waals surface area contributed by atoms with Crippen molar-refractivity contribution in [1.29, 1.82) is 0 Å². The van der Waals surface area contributed by atoms with Crippen molar-refractivity contribution in [1.82, 2.24) is 4.98 Å². The first-order valence-corrected chi connectivity index (χ1v) is 6.85. The molecule has 0 aliphatic carbocycles. The van der Waals surface area contributed by atoms with Gasteiger partial charge in [-0.25, -0.2) is 8.78 Å². The number of para-hydroxylation sites is 1. The van der Waals surface area contributed by atoms with Crippen molar-refractivity contribution < 1.29 is 18.7 Å². The standard InChI is InChI=1S/C17H12F2N2O2/c18-10-5-6-15(13(19)7-10)21-16-8-11(9-17(22)23)20-14-4-2-1-3-12(14)16/h1-8H,9H2,(H,20,21)(H,22,23). The largest absolute Gasteiger partial charge is 0.481 e. The number of benzene rings is 2. The molecule has 2 N–H and O–H groups in total. The van der Waals surface area contributed by atoms with Crippen LogP contribution < -0.4 is 5.32 Å². The lowest BCUT2D eigenvalue weighted by Crippen LogP contribution is -2.04. The summed E-state index contributed by atoms with van der Waals surface area (Å²) in [4.78, 5) is 15.2. The van der Waals surface area contributed by atoms with Crippen LogP contribution in [0.1, 0.15) is 5.69 Å². The minimum atomic E-state index is -1.01. The number of pyridine rings is 1. The number of nitrogens with zero attached hydrogens (tertiary/aromatic N) is 1. The molecule has 4 nitrogen and oxygen atoms in total. The molecule has 0 aliphatic heterocycles. The Kier molecular flexibility index (Phi) is 3.89. The third kappa shape index (κ3) is 3.26. The molecule has 1 aromatic heterocycles. The van der Waals surface area contributed by atoms with E-state index < -0.39 is 17.6 Å². The topological polar surface area (TPSA) is 62.2 Å². The Bertz CT molecular complexity index is 897. The zero-order chi connectivity index (χ0) is 16.4. The van der Waals surface area contributed by atoms with Gasteiger partial charge in [0.05, 0.1) is 23.3 Å². The summed E-state index contributed by atoms with van der Waals surface area (Å²) >= 11 is 0. The molecule has 0 saturated carbocycles. The Hall–Kier alpha value is -3.02. The molecule has 0 aliphatic rings. The van der Waals surface area contributed by atoms with Gasteiger partial charge in [0.1, 0.15) is 11.6 Å². The molecule has 1 heterocycles. The summed E-state index contributed by atoms with van der Waals surface area (Å²) < 4.78 is 26.8. The van der Waals surface area contributed by atoms with Gasteiger partial charge in [0.2, 0.25) is 0 Å². The van der Waals surface area contributed by atoms with Crippen molar-refractivity contribution in [3.8, 4) is 0 Å². The van der Waals surface area contributed by atoms with Gasteiger partial charge in [-0.15, -0.1) is 0 Å². The molecule has 2 aromatic carbocycles. The van der Waals surface area contributed by atoms with Crippen molar-refractivity contribution in [3.05, 3.63) is 65.9 Å². The number of carbonyl (C=O) groups is 1. The van der Waals surface area contributed by atoms with E-state index in [4.69, 9.17) is 5.11 Å². The van der Waals surface area contributed by atoms with Gasteiger partial charge in [0.25, 0.3) is 0 Å². The van der Waals surface area contributed by atoms with E-state index in [2.05, 4.69) is 10.3 Å². The average Bonchev–Trinajstić information content (AvgIpc) is 2.49. The van der Waals surface area contributed by atoms with Gasteiger partial charge in [-0.3, -0.25) is 9.78 Å². The number of hydrogen-bond donors (Lipinski definition) is 2. The summed E-state index contributed by atoms with van der Waals surface area (Å²) in [5.74, 6) is -2.41. The van der Waals surface area contributed by atoms with E-state index in [1.165, 1.54) is 6.07 Å². The fourth-order valence-corrected chi connectivity index (χ4v) is 2.32. The first kappa shape index (κ1) is 14.9. The first-order valence-electron chi connectivity index (χ1n) is 6.85. The van der Waals surface area contributed by atoms with Gasteiger partial charge in [-0.2, -0.15) is 0 Å². The quantitative estimate of drug-likeness (QED) is 0.767. The highest BCUT2D eigenvalue weighted by Crippen LogP contribution is 2.28. The number of anilines is 2. The van der Waals surface area contributed by atoms with E-state index in [0.717, 1.165) is 12.1 Å². The van der Waals surface area contributed by atoms with Crippen molar-refractivity contribution in [2.45, 2.75) is 6.42 Å². The molecule has 23 heavy (non-hydrogen) atoms. The van der Waals surface area contributed by atoms with Crippen molar-refractivity contribution >= 4 is 28.2 Å². The number of rotatable bonds is 4. The predicted octanol–water partition coefficient (Wildman–Crippen LogP) is 3.88. The van der Waals surface area contributed by atoms with Crippen molar-refractivity contribution in [2.75, 3.05) is 5.32 Å². The van der Waals surface area contributed by atoms with E-state index >= 15 is 0 Å². The van der Waals surface area contributed by atoms with Crippen LogP contribution in [0.25, 0.3) is 10.9 Å². The second kappa shape index (κ2) is 6.00. The molecule has 0 saturated heterocycles. The molecule has 0 bridgehead atoms. The molecule has 0 atom stereocenters. The molecule has 0 fully saturated rings. The van der Waals surface area contributed by atoms with Crippen LogP contribution in [0.3, 0.4) is 0 Å². The highest BCUT2D eigenvalue weighted by atomic mass is 19.1. The summed E-state index contributed by atoms with van der Waals surface area (Å²) in [5, 5.41) is 12.5. The van der Waals surface area contributed by atoms with Crippen LogP contribution in [-0.4, -0.2) is 16.1 Å². The number of halogens is 2. The number of aliphatic carboxylic acids is 1. The maximum Gasteiger partial charge on any atom is 0.309 e. The Morgan fingerprint density at radius 2 is 1.87 bits per heavy atom. The van der Waals surface area contributed by atoms with Crippen LogP contribution in [0.4, 0.5) is 20.2 Å². The molecule has 0 amide bonds. The smallest absolute Gasteiger partial charge is 0.309 e. The van der Waals surface area contributed by atoms with Gasteiger partial charge in [0.15, 0.2) is 0 Å². The molecule has 3 aromatic rings. The molecule has 0 radical (unpaired) electrons. The van der Waals surface area contributed by atoms with Crippen molar-refractivity contribution in [3.63, 3.8) is 0 Å². The minimum absolute atomic E-state index is 0.101. The van der Waals surface area contributed by atoms with Crippen LogP contribution in [0.5, 0.6) is 0 Å². The third-order valence-corrected chi connectivity index (χ3v) is 3.30. The zero-order valence-electron chi connectivity index (χ0n) is 11.9. The molecule has 0 spiro atoms. The second-order valence-corrected chi connectivity index (χ2v) is 5.00. The normalized spacial score (nSPS) is 10.7. The van der Waals surface area contributed by atoms with Gasteiger partial charge >= 0.3 is 5.97 Å². The summed E-state index contributed by atoms with van der Waals surface area (Å²) in [7, 11) is 0. The van der Waals surface area contributed by atoms with Crippen LogP contribution in [0.15, 0.2) is 48.5 Å². The molecule has 116 valence electrons. The summed E-state index contributed by atoms with van der Waals surface area (Å²) in [6.45, 7) is 0. The Labute approximate surface area is 130 Å². The maximum absolute atomic E-state index is 13.8. The van der Waals surface area contributed by atoms with Gasteiger partial charge < -0.3 is 10.4 Å². The number of aromatic nitrogens is 1. The fourth-order valence-electron chi connectivity index (χ4n) is 2.32. The van der Waals surface area contributed by atoms with Gasteiger partial charge in [-0.05, 0) is 24.3 Å². The first-order chi connectivity index (χ1) is 11.0. The maximum atomic E-state index is 13.8. The van der Waals surface area contributed by atoms with Gasteiger partial charge in [-0.1, -0.05) is 18.2 Å². The highest BCUT2D eigenvalue weighted by Gasteiger charge is 2.11. The lowest BCUT2D eigenvalue weighted by Gasteiger charge is -2.12. The molecular formula is C17H12F2N2O2. The number of hydrogen-bond acceptors (Lipinski definition) is 3.